The number of ether oxygens (including phenoxy) is 1. The zero-order chi connectivity index (χ0) is 25.4. The summed E-state index contributed by atoms with van der Waals surface area (Å²) in [7, 11) is 3.56. The fraction of sp³-hybridized carbons (Fsp3) is 0.143. The third-order valence-corrected chi connectivity index (χ3v) is 6.38. The van der Waals surface area contributed by atoms with Gasteiger partial charge in [-0.2, -0.15) is 5.26 Å². The Bertz CT molecular complexity index is 1590. The molecular weight excluding hydrogens is 456 g/mol. The number of carbonyl (C=O) groups is 2. The van der Waals surface area contributed by atoms with Crippen LogP contribution in [0.5, 0.6) is 0 Å². The summed E-state index contributed by atoms with van der Waals surface area (Å²) >= 11 is 0. The number of esters is 1. The van der Waals surface area contributed by atoms with Crippen LogP contribution in [0.4, 0.5) is 11.4 Å². The molecule has 0 saturated carbocycles. The highest BCUT2D eigenvalue weighted by molar-refractivity contribution is 6.04. The molecule has 5 rings (SSSR count). The maximum Gasteiger partial charge on any atom is 0.326 e. The molecule has 0 fully saturated rings. The first-order valence-electron chi connectivity index (χ1n) is 11.3. The first-order valence-corrected chi connectivity index (χ1v) is 11.3. The molecule has 0 aliphatic carbocycles. The molecule has 8 nitrogen and oxygen atoms in total. The van der Waals surface area contributed by atoms with E-state index >= 15 is 0 Å². The SMILES string of the molecule is CN1C(=C(C#N)C(=O)COC(=O)Cn2c3ccccc3c(=O)c3ccccc32)N(C)c2ccccc21. The third kappa shape index (κ3) is 3.67. The molecule has 1 aliphatic heterocycles. The van der Waals surface area contributed by atoms with Gasteiger partial charge in [-0.15, -0.1) is 0 Å². The van der Waals surface area contributed by atoms with Crippen molar-refractivity contribution in [3.8, 4) is 6.07 Å². The Morgan fingerprint density at radius 1 is 0.833 bits per heavy atom. The van der Waals surface area contributed by atoms with Crippen LogP contribution >= 0.6 is 0 Å². The molecule has 3 aromatic carbocycles. The van der Waals surface area contributed by atoms with Crippen molar-refractivity contribution in [2.75, 3.05) is 30.5 Å². The largest absolute Gasteiger partial charge is 0.456 e. The number of ketones is 1. The summed E-state index contributed by atoms with van der Waals surface area (Å²) < 4.78 is 7.02. The monoisotopic (exact) mass is 478 g/mol. The van der Waals surface area contributed by atoms with Gasteiger partial charge in [0.25, 0.3) is 0 Å². The van der Waals surface area contributed by atoms with Gasteiger partial charge < -0.3 is 19.1 Å². The minimum Gasteiger partial charge on any atom is -0.456 e. The van der Waals surface area contributed by atoms with Crippen molar-refractivity contribution in [1.82, 2.24) is 4.57 Å². The lowest BCUT2D eigenvalue weighted by Gasteiger charge is -2.20. The third-order valence-electron chi connectivity index (χ3n) is 6.38. The minimum absolute atomic E-state index is 0.0942. The molecule has 1 aliphatic rings. The number of nitriles is 1. The Balaban J connectivity index is 1.40. The molecule has 178 valence electrons. The van der Waals surface area contributed by atoms with Crippen LogP contribution in [-0.2, 0) is 20.9 Å². The van der Waals surface area contributed by atoms with Gasteiger partial charge >= 0.3 is 5.97 Å². The number of carbonyl (C=O) groups excluding carboxylic acids is 2. The van der Waals surface area contributed by atoms with Gasteiger partial charge in [-0.3, -0.25) is 14.4 Å². The van der Waals surface area contributed by atoms with Crippen LogP contribution in [0, 0.1) is 11.3 Å². The number of anilines is 2. The molecule has 0 N–H and O–H groups in total. The number of benzene rings is 3. The van der Waals surface area contributed by atoms with E-state index in [0.717, 1.165) is 11.4 Å². The van der Waals surface area contributed by atoms with Gasteiger partial charge in [0.2, 0.25) is 5.78 Å². The van der Waals surface area contributed by atoms with Gasteiger partial charge in [0, 0.05) is 24.9 Å². The van der Waals surface area contributed by atoms with Gasteiger partial charge in [-0.25, -0.2) is 0 Å². The molecule has 0 unspecified atom stereocenters. The fourth-order valence-corrected chi connectivity index (χ4v) is 4.70. The average Bonchev–Trinajstić information content (AvgIpc) is 3.16. The van der Waals surface area contributed by atoms with E-state index in [4.69, 9.17) is 4.74 Å². The van der Waals surface area contributed by atoms with E-state index in [-0.39, 0.29) is 17.5 Å². The highest BCUT2D eigenvalue weighted by Gasteiger charge is 2.31. The Kier molecular flexibility index (Phi) is 5.74. The van der Waals surface area contributed by atoms with Crippen LogP contribution in [0.25, 0.3) is 21.8 Å². The lowest BCUT2D eigenvalue weighted by Crippen LogP contribution is -2.28. The Morgan fingerprint density at radius 3 is 1.86 bits per heavy atom. The van der Waals surface area contributed by atoms with Gasteiger partial charge in [-0.1, -0.05) is 36.4 Å². The van der Waals surface area contributed by atoms with Crippen LogP contribution < -0.4 is 15.2 Å². The van der Waals surface area contributed by atoms with Crippen molar-refractivity contribution in [2.45, 2.75) is 6.54 Å². The second-order valence-corrected chi connectivity index (χ2v) is 8.45. The molecule has 36 heavy (non-hydrogen) atoms. The molecule has 0 saturated heterocycles. The molecule has 4 aromatic rings. The lowest BCUT2D eigenvalue weighted by atomic mass is 10.1. The number of hydrogen-bond donors (Lipinski definition) is 0. The van der Waals surface area contributed by atoms with Gasteiger partial charge in [-0.05, 0) is 36.4 Å². The molecular formula is C28H22N4O4. The molecule has 1 aromatic heterocycles. The summed E-state index contributed by atoms with van der Waals surface area (Å²) in [5.41, 5.74) is 2.71. The van der Waals surface area contributed by atoms with E-state index < -0.39 is 18.4 Å². The van der Waals surface area contributed by atoms with Crippen molar-refractivity contribution < 1.29 is 14.3 Å². The summed E-state index contributed by atoms with van der Waals surface area (Å²) in [6.07, 6.45) is 0. The second-order valence-electron chi connectivity index (χ2n) is 8.45. The van der Waals surface area contributed by atoms with Crippen molar-refractivity contribution in [3.63, 3.8) is 0 Å². The number of hydrogen-bond acceptors (Lipinski definition) is 7. The van der Waals surface area contributed by atoms with E-state index in [9.17, 15) is 19.6 Å². The summed E-state index contributed by atoms with van der Waals surface area (Å²) in [6.45, 7) is -0.766. The lowest BCUT2D eigenvalue weighted by molar-refractivity contribution is -0.147. The first-order chi connectivity index (χ1) is 17.4. The highest BCUT2D eigenvalue weighted by Crippen LogP contribution is 2.40. The van der Waals surface area contributed by atoms with Gasteiger partial charge in [0.15, 0.2) is 12.0 Å². The summed E-state index contributed by atoms with van der Waals surface area (Å²) in [4.78, 5) is 42.2. The molecule has 8 heteroatoms. The molecule has 0 amide bonds. The van der Waals surface area contributed by atoms with Gasteiger partial charge in [0.05, 0.1) is 22.4 Å². The fourth-order valence-electron chi connectivity index (χ4n) is 4.70. The quantitative estimate of drug-likeness (QED) is 0.187. The summed E-state index contributed by atoms with van der Waals surface area (Å²) in [5, 5.41) is 10.8. The van der Waals surface area contributed by atoms with Crippen molar-refractivity contribution >= 4 is 44.9 Å². The van der Waals surface area contributed by atoms with Crippen molar-refractivity contribution in [1.29, 1.82) is 5.26 Å². The van der Waals surface area contributed by atoms with E-state index in [1.807, 2.05) is 30.3 Å². The van der Waals surface area contributed by atoms with E-state index in [1.165, 1.54) is 0 Å². The maximum atomic E-state index is 13.0. The van der Waals surface area contributed by atoms with Crippen LogP contribution in [-0.4, -0.2) is 37.0 Å². The number of pyridine rings is 1. The number of aromatic nitrogens is 1. The van der Waals surface area contributed by atoms with Crippen molar-refractivity contribution in [2.24, 2.45) is 0 Å². The smallest absolute Gasteiger partial charge is 0.326 e. The molecule has 0 spiro atoms. The molecule has 2 heterocycles. The van der Waals surface area contributed by atoms with Crippen LogP contribution in [0.15, 0.2) is 89.0 Å². The summed E-state index contributed by atoms with van der Waals surface area (Å²) in [6, 6.07) is 23.6. The van der Waals surface area contributed by atoms with E-state index in [0.29, 0.717) is 27.6 Å². The topological polar surface area (TPSA) is 95.6 Å². The Hall–Kier alpha value is -4.90. The zero-order valence-corrected chi connectivity index (χ0v) is 19.8. The van der Waals surface area contributed by atoms with E-state index in [1.54, 1.807) is 77.0 Å². The minimum atomic E-state index is -0.652. The average molecular weight is 479 g/mol. The number of Topliss-reactive ketones (excluding diaryl/α,β-unsaturated/α-hetero) is 1. The predicted molar refractivity (Wildman–Crippen MR) is 138 cm³/mol. The Morgan fingerprint density at radius 2 is 1.33 bits per heavy atom. The number of rotatable bonds is 5. The van der Waals surface area contributed by atoms with Crippen LogP contribution in [0.3, 0.4) is 0 Å². The molecule has 0 bridgehead atoms. The number of fused-ring (bicyclic) bond motifs is 3. The number of nitrogens with zero attached hydrogens (tertiary/aromatic N) is 4. The first kappa shape index (κ1) is 22.9. The van der Waals surface area contributed by atoms with Crippen LogP contribution in [0.2, 0.25) is 0 Å². The van der Waals surface area contributed by atoms with E-state index in [2.05, 4.69) is 0 Å². The summed E-state index contributed by atoms with van der Waals surface area (Å²) in [5.74, 6) is -0.819. The van der Waals surface area contributed by atoms with Crippen molar-refractivity contribution in [3.05, 3.63) is 94.4 Å². The molecule has 0 radical (unpaired) electrons. The zero-order valence-electron chi connectivity index (χ0n) is 19.8. The molecule has 0 atom stereocenters. The van der Waals surface area contributed by atoms with Gasteiger partial charge in [0.1, 0.15) is 24.0 Å². The maximum absolute atomic E-state index is 13.0. The highest BCUT2D eigenvalue weighted by atomic mass is 16.5. The second kappa shape index (κ2) is 9.04. The Labute approximate surface area is 206 Å². The predicted octanol–water partition coefficient (Wildman–Crippen LogP) is 3.59. The number of para-hydroxylation sites is 4. The normalized spacial score (nSPS) is 12.5. The standard InChI is InChI=1S/C28H22N4O4/c1-30-23-13-7-8-14-24(23)31(2)28(30)20(15-29)25(33)17-36-26(34)16-32-21-11-5-3-9-18(21)27(35)19-10-4-6-12-22(19)32/h3-14H,16-17H2,1-2H3. The van der Waals surface area contributed by atoms with Crippen LogP contribution in [0.1, 0.15) is 0 Å².